The lowest BCUT2D eigenvalue weighted by Crippen LogP contribution is -2.22. The van der Waals surface area contributed by atoms with Gasteiger partial charge in [0, 0.05) is 14.3 Å². The van der Waals surface area contributed by atoms with Crippen LogP contribution in [0.25, 0.3) is 0 Å². The maximum absolute atomic E-state index is 5.55. The summed E-state index contributed by atoms with van der Waals surface area (Å²) in [5, 5.41) is 0. The number of nitrogens with zero attached hydrogens (tertiary/aromatic N) is 1. The fraction of sp³-hybridized carbons (Fsp3) is 0.500. The fourth-order valence-electron chi connectivity index (χ4n) is 0.908. The third-order valence-corrected chi connectivity index (χ3v) is 3.46. The van der Waals surface area contributed by atoms with Crippen molar-refractivity contribution in [3.05, 3.63) is 24.5 Å². The number of ether oxygens (including phenoxy) is 1. The Bertz CT molecular complexity index is 243. The first-order valence-corrected chi connectivity index (χ1v) is 8.31. The Balaban J connectivity index is 2.29. The highest BCUT2D eigenvalue weighted by Crippen LogP contribution is 2.11. The van der Waals surface area contributed by atoms with Gasteiger partial charge in [0.15, 0.2) is 0 Å². The summed E-state index contributed by atoms with van der Waals surface area (Å²) in [6.07, 6.45) is 3.51. The highest BCUT2D eigenvalue weighted by Gasteiger charge is 2.12. The molecule has 0 bridgehead atoms. The van der Waals surface area contributed by atoms with Crippen LogP contribution in [0, 0.1) is 0 Å². The maximum atomic E-state index is 5.55. The molecule has 13 heavy (non-hydrogen) atoms. The highest BCUT2D eigenvalue weighted by atomic mass is 28.3. The molecule has 1 heterocycles. The van der Waals surface area contributed by atoms with Crippen molar-refractivity contribution in [1.29, 1.82) is 0 Å². The molecule has 1 rings (SSSR count). The summed E-state index contributed by atoms with van der Waals surface area (Å²) < 4.78 is 5.55. The number of aromatic nitrogens is 1. The van der Waals surface area contributed by atoms with Crippen LogP contribution in [0.3, 0.4) is 0 Å². The van der Waals surface area contributed by atoms with E-state index in [9.17, 15) is 0 Å². The van der Waals surface area contributed by atoms with Crippen LogP contribution in [0.1, 0.15) is 0 Å². The number of pyridine rings is 1. The molecule has 0 spiro atoms. The third kappa shape index (κ3) is 4.68. The van der Waals surface area contributed by atoms with E-state index in [0.29, 0.717) is 0 Å². The van der Waals surface area contributed by atoms with Crippen LogP contribution in [-0.4, -0.2) is 19.7 Å². The van der Waals surface area contributed by atoms with E-state index in [0.717, 1.165) is 12.4 Å². The van der Waals surface area contributed by atoms with Crippen molar-refractivity contribution in [1.82, 2.24) is 4.98 Å². The fourth-order valence-corrected chi connectivity index (χ4v) is 1.62. The Hall–Kier alpha value is -0.833. The number of rotatable bonds is 4. The predicted molar refractivity (Wildman–Crippen MR) is 57.9 cm³/mol. The van der Waals surface area contributed by atoms with Crippen molar-refractivity contribution in [3.63, 3.8) is 0 Å². The van der Waals surface area contributed by atoms with E-state index in [1.807, 2.05) is 12.1 Å². The molecule has 0 aliphatic rings. The first kappa shape index (κ1) is 10.2. The van der Waals surface area contributed by atoms with E-state index in [-0.39, 0.29) is 0 Å². The van der Waals surface area contributed by atoms with Gasteiger partial charge in [-0.15, -0.1) is 0 Å². The van der Waals surface area contributed by atoms with Crippen LogP contribution < -0.4 is 4.74 Å². The van der Waals surface area contributed by atoms with Gasteiger partial charge in [-0.25, -0.2) is 0 Å². The molecule has 3 heteroatoms. The summed E-state index contributed by atoms with van der Waals surface area (Å²) >= 11 is 0. The lowest BCUT2D eigenvalue weighted by molar-refractivity contribution is 0.337. The lowest BCUT2D eigenvalue weighted by Gasteiger charge is -2.15. The number of hydrogen-bond acceptors (Lipinski definition) is 2. The molecule has 0 aliphatic carbocycles. The van der Waals surface area contributed by atoms with Gasteiger partial charge in [-0.3, -0.25) is 4.98 Å². The second-order valence-electron chi connectivity index (χ2n) is 4.35. The molecule has 0 radical (unpaired) electrons. The summed E-state index contributed by atoms with van der Waals surface area (Å²) in [6.45, 7) is 7.86. The van der Waals surface area contributed by atoms with E-state index in [4.69, 9.17) is 4.74 Å². The largest absolute Gasteiger partial charge is 0.492 e. The predicted octanol–water partition coefficient (Wildman–Crippen LogP) is 2.80. The quantitative estimate of drug-likeness (QED) is 0.689. The van der Waals surface area contributed by atoms with Gasteiger partial charge < -0.3 is 4.74 Å². The standard InChI is InChI=1S/C10H17NOSi/c1-13(2,3)8-7-12-10-5-4-6-11-9-10/h4-6,9H,7-8H2,1-3H3. The van der Waals surface area contributed by atoms with Gasteiger partial charge in [0.25, 0.3) is 0 Å². The van der Waals surface area contributed by atoms with Gasteiger partial charge in [0.2, 0.25) is 0 Å². The van der Waals surface area contributed by atoms with E-state index < -0.39 is 8.07 Å². The van der Waals surface area contributed by atoms with Crippen molar-refractivity contribution in [2.24, 2.45) is 0 Å². The zero-order valence-corrected chi connectivity index (χ0v) is 9.58. The van der Waals surface area contributed by atoms with Crippen LogP contribution in [0.15, 0.2) is 24.5 Å². The molecule has 2 nitrogen and oxygen atoms in total. The van der Waals surface area contributed by atoms with Crippen molar-refractivity contribution in [2.75, 3.05) is 6.61 Å². The number of hydrogen-bond donors (Lipinski definition) is 0. The Morgan fingerprint density at radius 3 is 2.69 bits per heavy atom. The van der Waals surface area contributed by atoms with Gasteiger partial charge in [0.05, 0.1) is 12.8 Å². The summed E-state index contributed by atoms with van der Waals surface area (Å²) in [6, 6.07) is 5.03. The van der Waals surface area contributed by atoms with Crippen molar-refractivity contribution < 1.29 is 4.74 Å². The van der Waals surface area contributed by atoms with Gasteiger partial charge in [-0.2, -0.15) is 0 Å². The molecular weight excluding hydrogens is 178 g/mol. The molecule has 1 aromatic heterocycles. The van der Waals surface area contributed by atoms with Crippen LogP contribution in [0.5, 0.6) is 5.75 Å². The monoisotopic (exact) mass is 195 g/mol. The van der Waals surface area contributed by atoms with E-state index in [1.54, 1.807) is 12.4 Å². The first-order chi connectivity index (χ1) is 6.08. The molecule has 1 aromatic rings. The van der Waals surface area contributed by atoms with Crippen LogP contribution in [0.4, 0.5) is 0 Å². The van der Waals surface area contributed by atoms with Crippen LogP contribution in [-0.2, 0) is 0 Å². The molecular formula is C10H17NOSi. The van der Waals surface area contributed by atoms with Gasteiger partial charge in [-0.1, -0.05) is 19.6 Å². The van der Waals surface area contributed by atoms with Gasteiger partial charge in [-0.05, 0) is 18.2 Å². The average Bonchev–Trinajstić information content (AvgIpc) is 2.04. The zero-order valence-electron chi connectivity index (χ0n) is 8.58. The van der Waals surface area contributed by atoms with Crippen LogP contribution in [0.2, 0.25) is 25.7 Å². The van der Waals surface area contributed by atoms with Crippen molar-refractivity contribution in [2.45, 2.75) is 25.7 Å². The van der Waals surface area contributed by atoms with Gasteiger partial charge >= 0.3 is 0 Å². The lowest BCUT2D eigenvalue weighted by atomic mass is 10.5. The first-order valence-electron chi connectivity index (χ1n) is 4.61. The average molecular weight is 195 g/mol. The van der Waals surface area contributed by atoms with Crippen molar-refractivity contribution >= 4 is 8.07 Å². The Labute approximate surface area is 81.0 Å². The Kier molecular flexibility index (Phi) is 3.48. The van der Waals surface area contributed by atoms with Crippen LogP contribution >= 0.6 is 0 Å². The summed E-state index contributed by atoms with van der Waals surface area (Å²) in [5.41, 5.74) is 0. The minimum absolute atomic E-state index is 0.821. The highest BCUT2D eigenvalue weighted by molar-refractivity contribution is 6.76. The Morgan fingerprint density at radius 2 is 2.15 bits per heavy atom. The van der Waals surface area contributed by atoms with E-state index in [1.165, 1.54) is 6.04 Å². The van der Waals surface area contributed by atoms with E-state index in [2.05, 4.69) is 24.6 Å². The van der Waals surface area contributed by atoms with E-state index >= 15 is 0 Å². The van der Waals surface area contributed by atoms with Crippen molar-refractivity contribution in [3.8, 4) is 5.75 Å². The molecule has 72 valence electrons. The Morgan fingerprint density at radius 1 is 1.38 bits per heavy atom. The molecule has 0 fully saturated rings. The molecule has 0 aromatic carbocycles. The van der Waals surface area contributed by atoms with Gasteiger partial charge in [0.1, 0.15) is 5.75 Å². The minimum Gasteiger partial charge on any atom is -0.492 e. The summed E-state index contributed by atoms with van der Waals surface area (Å²) in [7, 11) is -0.956. The second-order valence-corrected chi connectivity index (χ2v) is 9.97. The molecule has 0 saturated carbocycles. The molecule has 0 amide bonds. The molecule has 0 aliphatic heterocycles. The molecule has 0 unspecified atom stereocenters. The maximum Gasteiger partial charge on any atom is 0.137 e. The normalized spacial score (nSPS) is 11.3. The minimum atomic E-state index is -0.956. The second kappa shape index (κ2) is 4.42. The molecule has 0 N–H and O–H groups in total. The molecule has 0 atom stereocenters. The SMILES string of the molecule is C[Si](C)(C)CCOc1cccnc1. The molecule has 0 saturated heterocycles. The summed E-state index contributed by atoms with van der Waals surface area (Å²) in [4.78, 5) is 3.99. The smallest absolute Gasteiger partial charge is 0.137 e. The zero-order chi connectivity index (χ0) is 9.73. The summed E-state index contributed by atoms with van der Waals surface area (Å²) in [5.74, 6) is 0.876. The topological polar surface area (TPSA) is 22.1 Å². The third-order valence-electron chi connectivity index (χ3n) is 1.76.